The van der Waals surface area contributed by atoms with E-state index in [1.807, 2.05) is 6.07 Å². The molecule has 5 heteroatoms. The third kappa shape index (κ3) is 2.28. The van der Waals surface area contributed by atoms with Crippen molar-refractivity contribution in [3.8, 4) is 6.07 Å². The molecule has 2 unspecified atom stereocenters. The van der Waals surface area contributed by atoms with Gasteiger partial charge < -0.3 is 10.1 Å². The number of nitriles is 1. The van der Waals surface area contributed by atoms with Gasteiger partial charge in [-0.3, -0.25) is 0 Å². The minimum Gasteiger partial charge on any atom is -0.381 e. The summed E-state index contributed by atoms with van der Waals surface area (Å²) in [4.78, 5) is 8.08. The molecule has 84 valence electrons. The molecule has 0 bridgehead atoms. The summed E-state index contributed by atoms with van der Waals surface area (Å²) in [5, 5.41) is 12.1. The van der Waals surface area contributed by atoms with Crippen LogP contribution < -0.4 is 5.32 Å². The molecule has 0 aliphatic carbocycles. The van der Waals surface area contributed by atoms with Crippen molar-refractivity contribution in [2.75, 3.05) is 18.5 Å². The van der Waals surface area contributed by atoms with Crippen LogP contribution in [0.5, 0.6) is 0 Å². The number of anilines is 1. The molecule has 2 rings (SSSR count). The molecule has 1 fully saturated rings. The highest BCUT2D eigenvalue weighted by Gasteiger charge is 2.23. The van der Waals surface area contributed by atoms with E-state index in [1.165, 1.54) is 6.20 Å². The van der Waals surface area contributed by atoms with Gasteiger partial charge in [0.2, 0.25) is 0 Å². The van der Waals surface area contributed by atoms with Gasteiger partial charge in [0.05, 0.1) is 6.61 Å². The Bertz CT molecular complexity index is 395. The van der Waals surface area contributed by atoms with Gasteiger partial charge in [0.15, 0.2) is 11.5 Å². The lowest BCUT2D eigenvalue weighted by atomic mass is 10.0. The molecular weight excluding hydrogens is 204 g/mol. The molecule has 1 N–H and O–H groups in total. The van der Waals surface area contributed by atoms with E-state index >= 15 is 0 Å². The number of nitrogens with one attached hydrogen (secondary N) is 1. The Morgan fingerprint density at radius 2 is 2.38 bits per heavy atom. The van der Waals surface area contributed by atoms with E-state index in [1.54, 1.807) is 6.20 Å². The summed E-state index contributed by atoms with van der Waals surface area (Å²) in [5.74, 6) is 1.04. The second-order valence-corrected chi connectivity index (χ2v) is 3.92. The first-order valence-corrected chi connectivity index (χ1v) is 5.36. The third-order valence-electron chi connectivity index (χ3n) is 2.84. The van der Waals surface area contributed by atoms with Crippen molar-refractivity contribution in [1.29, 1.82) is 5.26 Å². The minimum absolute atomic E-state index is 0.242. The summed E-state index contributed by atoms with van der Waals surface area (Å²) >= 11 is 0. The summed E-state index contributed by atoms with van der Waals surface area (Å²) in [7, 11) is 0. The highest BCUT2D eigenvalue weighted by molar-refractivity contribution is 5.47. The molecule has 16 heavy (non-hydrogen) atoms. The van der Waals surface area contributed by atoms with Gasteiger partial charge in [0.1, 0.15) is 6.07 Å². The molecule has 0 amide bonds. The predicted molar refractivity (Wildman–Crippen MR) is 58.8 cm³/mol. The smallest absolute Gasteiger partial charge is 0.182 e. The number of hydrogen-bond donors (Lipinski definition) is 1. The maximum Gasteiger partial charge on any atom is 0.182 e. The van der Waals surface area contributed by atoms with Crippen LogP contribution in [0.1, 0.15) is 19.0 Å². The summed E-state index contributed by atoms with van der Waals surface area (Å²) in [6, 6.07) is 2.27. The molecule has 1 aromatic rings. The van der Waals surface area contributed by atoms with E-state index in [2.05, 4.69) is 22.2 Å². The first-order chi connectivity index (χ1) is 7.81. The second kappa shape index (κ2) is 4.90. The average Bonchev–Trinajstić information content (AvgIpc) is 2.83. The van der Waals surface area contributed by atoms with E-state index in [4.69, 9.17) is 10.00 Å². The molecule has 1 saturated heterocycles. The number of aromatic nitrogens is 2. The van der Waals surface area contributed by atoms with Crippen molar-refractivity contribution in [2.45, 2.75) is 19.4 Å². The van der Waals surface area contributed by atoms with Crippen LogP contribution in [0.25, 0.3) is 0 Å². The highest BCUT2D eigenvalue weighted by atomic mass is 16.5. The molecule has 0 spiro atoms. The Morgan fingerprint density at radius 3 is 3.06 bits per heavy atom. The summed E-state index contributed by atoms with van der Waals surface area (Å²) < 4.78 is 5.33. The molecule has 1 aromatic heterocycles. The number of hydrogen-bond acceptors (Lipinski definition) is 5. The average molecular weight is 218 g/mol. The normalized spacial score (nSPS) is 21.4. The highest BCUT2D eigenvalue weighted by Crippen LogP contribution is 2.20. The molecule has 2 atom stereocenters. The lowest BCUT2D eigenvalue weighted by Crippen LogP contribution is -2.27. The zero-order valence-electron chi connectivity index (χ0n) is 9.18. The number of ether oxygens (including phenoxy) is 1. The van der Waals surface area contributed by atoms with Gasteiger partial charge in [-0.15, -0.1) is 0 Å². The zero-order valence-corrected chi connectivity index (χ0v) is 9.18. The number of nitrogens with zero attached hydrogens (tertiary/aromatic N) is 3. The molecule has 0 saturated carbocycles. The van der Waals surface area contributed by atoms with Crippen molar-refractivity contribution in [3.05, 3.63) is 18.1 Å². The predicted octanol–water partition coefficient (Wildman–Crippen LogP) is 1.19. The Hall–Kier alpha value is -1.67. The monoisotopic (exact) mass is 218 g/mol. The van der Waals surface area contributed by atoms with Gasteiger partial charge in [0, 0.05) is 31.0 Å². The van der Waals surface area contributed by atoms with Crippen LogP contribution in [0.15, 0.2) is 12.4 Å². The molecule has 2 heterocycles. The van der Waals surface area contributed by atoms with Crippen LogP contribution in [-0.4, -0.2) is 29.2 Å². The summed E-state index contributed by atoms with van der Waals surface area (Å²) in [5.41, 5.74) is 0.341. The van der Waals surface area contributed by atoms with Crippen LogP contribution in [0.3, 0.4) is 0 Å². The molecule has 1 aliphatic rings. The zero-order chi connectivity index (χ0) is 11.4. The topological polar surface area (TPSA) is 70.8 Å². The van der Waals surface area contributed by atoms with Gasteiger partial charge in [-0.2, -0.15) is 5.26 Å². The fourth-order valence-electron chi connectivity index (χ4n) is 1.81. The quantitative estimate of drug-likeness (QED) is 0.825. The Balaban J connectivity index is 2.05. The molecular formula is C11H14N4O. The lowest BCUT2D eigenvalue weighted by Gasteiger charge is -2.19. The Morgan fingerprint density at radius 1 is 1.56 bits per heavy atom. The Kier molecular flexibility index (Phi) is 3.32. The SMILES string of the molecule is CC(Nc1nccnc1C#N)C1CCOC1. The van der Waals surface area contributed by atoms with E-state index in [0.29, 0.717) is 17.4 Å². The fourth-order valence-corrected chi connectivity index (χ4v) is 1.81. The molecule has 5 nitrogen and oxygen atoms in total. The maximum absolute atomic E-state index is 8.88. The summed E-state index contributed by atoms with van der Waals surface area (Å²) in [6.45, 7) is 3.67. The van der Waals surface area contributed by atoms with Crippen LogP contribution >= 0.6 is 0 Å². The first kappa shape index (κ1) is 10.8. The summed E-state index contributed by atoms with van der Waals surface area (Å²) in [6.07, 6.45) is 4.16. The fraction of sp³-hybridized carbons (Fsp3) is 0.545. The molecule has 0 radical (unpaired) electrons. The number of rotatable bonds is 3. The maximum atomic E-state index is 8.88. The largest absolute Gasteiger partial charge is 0.381 e. The van der Waals surface area contributed by atoms with Crippen LogP contribution in [0.4, 0.5) is 5.82 Å². The van der Waals surface area contributed by atoms with E-state index in [0.717, 1.165) is 19.6 Å². The van der Waals surface area contributed by atoms with E-state index in [-0.39, 0.29) is 6.04 Å². The van der Waals surface area contributed by atoms with Crippen molar-refractivity contribution in [1.82, 2.24) is 9.97 Å². The van der Waals surface area contributed by atoms with Crippen molar-refractivity contribution in [2.24, 2.45) is 5.92 Å². The van der Waals surface area contributed by atoms with Gasteiger partial charge in [-0.1, -0.05) is 0 Å². The van der Waals surface area contributed by atoms with Crippen molar-refractivity contribution in [3.63, 3.8) is 0 Å². The molecule has 0 aromatic carbocycles. The van der Waals surface area contributed by atoms with Crippen molar-refractivity contribution >= 4 is 5.82 Å². The first-order valence-electron chi connectivity index (χ1n) is 5.36. The van der Waals surface area contributed by atoms with E-state index in [9.17, 15) is 0 Å². The third-order valence-corrected chi connectivity index (χ3v) is 2.84. The minimum atomic E-state index is 0.242. The van der Waals surface area contributed by atoms with E-state index < -0.39 is 0 Å². The van der Waals surface area contributed by atoms with Crippen LogP contribution in [0.2, 0.25) is 0 Å². The Labute approximate surface area is 94.5 Å². The van der Waals surface area contributed by atoms with Gasteiger partial charge >= 0.3 is 0 Å². The van der Waals surface area contributed by atoms with Crippen LogP contribution in [0, 0.1) is 17.2 Å². The van der Waals surface area contributed by atoms with Crippen LogP contribution in [-0.2, 0) is 4.74 Å². The van der Waals surface area contributed by atoms with Crippen molar-refractivity contribution < 1.29 is 4.74 Å². The van der Waals surface area contributed by atoms with Gasteiger partial charge in [0.25, 0.3) is 0 Å². The lowest BCUT2D eigenvalue weighted by molar-refractivity contribution is 0.183. The van der Waals surface area contributed by atoms with Gasteiger partial charge in [-0.25, -0.2) is 9.97 Å². The van der Waals surface area contributed by atoms with Gasteiger partial charge in [-0.05, 0) is 13.3 Å². The standard InChI is InChI=1S/C11H14N4O/c1-8(9-2-5-16-7-9)15-11-10(6-12)13-3-4-14-11/h3-4,8-9H,2,5,7H2,1H3,(H,14,15). The molecule has 1 aliphatic heterocycles. The second-order valence-electron chi connectivity index (χ2n) is 3.92.